The van der Waals surface area contributed by atoms with E-state index in [0.717, 1.165) is 15.6 Å². The number of rotatable bonds is 4. The summed E-state index contributed by atoms with van der Waals surface area (Å²) >= 11 is 3.47. The Bertz CT molecular complexity index is 767. The predicted molar refractivity (Wildman–Crippen MR) is 93.3 cm³/mol. The van der Waals surface area contributed by atoms with Crippen LogP contribution in [0.4, 0.5) is 0 Å². The zero-order valence-electron chi connectivity index (χ0n) is 12.8. The molecule has 0 amide bonds. The summed E-state index contributed by atoms with van der Waals surface area (Å²) in [4.78, 5) is 12.5. The molecule has 0 saturated carbocycles. The number of Topliss-reactive ketones (excluding diaryl/α,β-unsaturated/α-hetero) is 1. The van der Waals surface area contributed by atoms with Crippen molar-refractivity contribution in [1.29, 1.82) is 0 Å². The van der Waals surface area contributed by atoms with Gasteiger partial charge in [0.25, 0.3) is 0 Å². The largest absolute Gasteiger partial charge is 0.489 e. The highest BCUT2D eigenvalue weighted by atomic mass is 79.9. The Morgan fingerprint density at radius 3 is 2.96 bits per heavy atom. The summed E-state index contributed by atoms with van der Waals surface area (Å²) in [6, 6.07) is 11.4. The van der Waals surface area contributed by atoms with Crippen molar-refractivity contribution < 1.29 is 14.3 Å². The van der Waals surface area contributed by atoms with Crippen molar-refractivity contribution in [3.63, 3.8) is 0 Å². The lowest BCUT2D eigenvalue weighted by atomic mass is 9.95. The van der Waals surface area contributed by atoms with Crippen molar-refractivity contribution in [2.75, 3.05) is 6.61 Å². The number of ketones is 1. The number of fused-ring (bicyclic) bond motifs is 1. The molecule has 3 rings (SSSR count). The Balaban J connectivity index is 1.97. The van der Waals surface area contributed by atoms with Gasteiger partial charge in [-0.15, -0.1) is 0 Å². The molecule has 23 heavy (non-hydrogen) atoms. The van der Waals surface area contributed by atoms with Gasteiger partial charge in [-0.25, -0.2) is 0 Å². The molecule has 1 atom stereocenters. The first-order chi connectivity index (χ1) is 11.1. The molecular formula is C19H17BrO3. The lowest BCUT2D eigenvalue weighted by Crippen LogP contribution is -2.21. The summed E-state index contributed by atoms with van der Waals surface area (Å²) in [6.07, 6.45) is 1.64. The normalized spacial score (nSPS) is 16.4. The van der Waals surface area contributed by atoms with Gasteiger partial charge in [0.2, 0.25) is 0 Å². The van der Waals surface area contributed by atoms with Crippen LogP contribution in [0.1, 0.15) is 34.0 Å². The summed E-state index contributed by atoms with van der Waals surface area (Å²) in [5, 5.41) is 0. The molecule has 2 aromatic rings. The number of halogens is 1. The predicted octanol–water partition coefficient (Wildman–Crippen LogP) is 5.03. The Morgan fingerprint density at radius 1 is 1.35 bits per heavy atom. The van der Waals surface area contributed by atoms with E-state index in [1.54, 1.807) is 6.08 Å². The number of carbonyl (C=O) groups excluding carboxylic acids is 1. The lowest BCUT2D eigenvalue weighted by Gasteiger charge is -2.27. The highest BCUT2D eigenvalue weighted by Gasteiger charge is 2.29. The van der Waals surface area contributed by atoms with E-state index in [9.17, 15) is 4.79 Å². The SMILES string of the molecule is C=CCOc1ccc(Br)cc1C1CC(=O)c2cc(C)ccc2O1. The molecule has 0 radical (unpaired) electrons. The van der Waals surface area contributed by atoms with Gasteiger partial charge in [0.1, 0.15) is 24.2 Å². The highest BCUT2D eigenvalue weighted by molar-refractivity contribution is 9.10. The summed E-state index contributed by atoms with van der Waals surface area (Å²) < 4.78 is 12.7. The summed E-state index contributed by atoms with van der Waals surface area (Å²) in [6.45, 7) is 6.04. The van der Waals surface area contributed by atoms with E-state index in [0.29, 0.717) is 30.1 Å². The fourth-order valence-corrected chi connectivity index (χ4v) is 3.04. The van der Waals surface area contributed by atoms with Gasteiger partial charge >= 0.3 is 0 Å². The van der Waals surface area contributed by atoms with Crippen molar-refractivity contribution in [3.8, 4) is 11.5 Å². The third-order valence-electron chi connectivity index (χ3n) is 3.75. The molecule has 1 aliphatic rings. The van der Waals surface area contributed by atoms with Crippen LogP contribution in [0.25, 0.3) is 0 Å². The van der Waals surface area contributed by atoms with Crippen molar-refractivity contribution in [3.05, 3.63) is 70.2 Å². The van der Waals surface area contributed by atoms with Crippen LogP contribution >= 0.6 is 15.9 Å². The van der Waals surface area contributed by atoms with E-state index in [2.05, 4.69) is 22.5 Å². The third kappa shape index (κ3) is 3.32. The van der Waals surface area contributed by atoms with Gasteiger partial charge in [-0.2, -0.15) is 0 Å². The third-order valence-corrected chi connectivity index (χ3v) is 4.24. The topological polar surface area (TPSA) is 35.5 Å². The van der Waals surface area contributed by atoms with Gasteiger partial charge in [-0.1, -0.05) is 40.2 Å². The van der Waals surface area contributed by atoms with Crippen LogP contribution in [0.3, 0.4) is 0 Å². The van der Waals surface area contributed by atoms with E-state index in [1.807, 2.05) is 43.3 Å². The summed E-state index contributed by atoms with van der Waals surface area (Å²) in [5.41, 5.74) is 2.57. The number of aryl methyl sites for hydroxylation is 1. The summed E-state index contributed by atoms with van der Waals surface area (Å²) in [7, 11) is 0. The Labute approximate surface area is 144 Å². The number of hydrogen-bond acceptors (Lipinski definition) is 3. The number of carbonyl (C=O) groups is 1. The highest BCUT2D eigenvalue weighted by Crippen LogP contribution is 2.39. The smallest absolute Gasteiger partial charge is 0.170 e. The zero-order chi connectivity index (χ0) is 16.4. The number of hydrogen-bond donors (Lipinski definition) is 0. The molecule has 0 aromatic heterocycles. The van der Waals surface area contributed by atoms with E-state index in [4.69, 9.17) is 9.47 Å². The van der Waals surface area contributed by atoms with E-state index in [1.165, 1.54) is 0 Å². The van der Waals surface area contributed by atoms with Gasteiger partial charge < -0.3 is 9.47 Å². The minimum atomic E-state index is -0.352. The molecule has 118 valence electrons. The van der Waals surface area contributed by atoms with Crippen molar-refractivity contribution in [2.45, 2.75) is 19.4 Å². The van der Waals surface area contributed by atoms with Gasteiger partial charge in [0, 0.05) is 10.0 Å². The average molecular weight is 373 g/mol. The van der Waals surface area contributed by atoms with Crippen LogP contribution in [-0.4, -0.2) is 12.4 Å². The molecule has 0 fully saturated rings. The van der Waals surface area contributed by atoms with E-state index >= 15 is 0 Å². The monoisotopic (exact) mass is 372 g/mol. The van der Waals surface area contributed by atoms with Gasteiger partial charge in [-0.05, 0) is 37.3 Å². The first-order valence-electron chi connectivity index (χ1n) is 7.42. The molecule has 0 saturated heterocycles. The second-order valence-corrected chi connectivity index (χ2v) is 6.43. The second-order valence-electron chi connectivity index (χ2n) is 5.52. The molecule has 4 heteroatoms. The maximum absolute atomic E-state index is 12.5. The van der Waals surface area contributed by atoms with Crippen LogP contribution < -0.4 is 9.47 Å². The minimum Gasteiger partial charge on any atom is -0.489 e. The molecule has 0 bridgehead atoms. The molecule has 2 aromatic carbocycles. The molecule has 1 unspecified atom stereocenters. The van der Waals surface area contributed by atoms with Crippen LogP contribution in [0.5, 0.6) is 11.5 Å². The quantitative estimate of drug-likeness (QED) is 0.706. The Kier molecular flexibility index (Phi) is 4.53. The fourth-order valence-electron chi connectivity index (χ4n) is 2.66. The van der Waals surface area contributed by atoms with E-state index in [-0.39, 0.29) is 11.9 Å². The van der Waals surface area contributed by atoms with Crippen LogP contribution in [0.2, 0.25) is 0 Å². The number of benzene rings is 2. The Morgan fingerprint density at radius 2 is 2.17 bits per heavy atom. The zero-order valence-corrected chi connectivity index (χ0v) is 14.4. The lowest BCUT2D eigenvalue weighted by molar-refractivity contribution is 0.0846. The van der Waals surface area contributed by atoms with Gasteiger partial charge in [-0.3, -0.25) is 4.79 Å². The van der Waals surface area contributed by atoms with Crippen LogP contribution in [0, 0.1) is 6.92 Å². The van der Waals surface area contributed by atoms with Crippen molar-refractivity contribution in [2.24, 2.45) is 0 Å². The van der Waals surface area contributed by atoms with Crippen molar-refractivity contribution >= 4 is 21.7 Å². The molecule has 1 heterocycles. The minimum absolute atomic E-state index is 0.0922. The first-order valence-corrected chi connectivity index (χ1v) is 8.21. The molecule has 3 nitrogen and oxygen atoms in total. The van der Waals surface area contributed by atoms with E-state index < -0.39 is 0 Å². The Hall–Kier alpha value is -2.07. The van der Waals surface area contributed by atoms with Crippen LogP contribution in [0.15, 0.2) is 53.5 Å². The maximum atomic E-state index is 12.5. The first kappa shape index (κ1) is 15.8. The van der Waals surface area contributed by atoms with Gasteiger partial charge in [0.05, 0.1) is 12.0 Å². The van der Waals surface area contributed by atoms with Gasteiger partial charge in [0.15, 0.2) is 5.78 Å². The second kappa shape index (κ2) is 6.59. The number of ether oxygens (including phenoxy) is 2. The molecule has 0 aliphatic carbocycles. The standard InChI is InChI=1S/C19H17BrO3/c1-3-8-22-17-7-5-13(20)10-15(17)19-11-16(21)14-9-12(2)4-6-18(14)23-19/h3-7,9-10,19H,1,8,11H2,2H3. The molecule has 0 spiro atoms. The molecular weight excluding hydrogens is 356 g/mol. The maximum Gasteiger partial charge on any atom is 0.170 e. The molecule has 1 aliphatic heterocycles. The summed E-state index contributed by atoms with van der Waals surface area (Å²) in [5.74, 6) is 1.43. The van der Waals surface area contributed by atoms with Crippen molar-refractivity contribution in [1.82, 2.24) is 0 Å². The van der Waals surface area contributed by atoms with Crippen LogP contribution in [-0.2, 0) is 0 Å². The average Bonchev–Trinajstić information content (AvgIpc) is 2.54. The molecule has 0 N–H and O–H groups in total. The fraction of sp³-hybridized carbons (Fsp3) is 0.211.